The molecule has 1 aromatic heterocycles. The third kappa shape index (κ3) is 3.13. The number of hydrogen-bond donors (Lipinski definition) is 1. The lowest BCUT2D eigenvalue weighted by Gasteiger charge is -2.32. The second kappa shape index (κ2) is 6.46. The minimum atomic E-state index is 0.365. The van der Waals surface area contributed by atoms with Crippen LogP contribution in [0.5, 0.6) is 0 Å². The van der Waals surface area contributed by atoms with Gasteiger partial charge in [-0.1, -0.05) is 11.6 Å². The molecule has 2 heterocycles. The highest BCUT2D eigenvalue weighted by Gasteiger charge is 2.18. The minimum absolute atomic E-state index is 0.365. The molecule has 7 heteroatoms. The number of rotatable bonds is 4. The number of carbonyl (C=O) groups is 1. The SMILES string of the molecule is CN1CCN(c2nc(CNC=O)c3cc(Cl)ccc3n2)CC1. The first-order valence-electron chi connectivity index (χ1n) is 7.24. The summed E-state index contributed by atoms with van der Waals surface area (Å²) in [7, 11) is 2.11. The van der Waals surface area contributed by atoms with Gasteiger partial charge in [0.05, 0.1) is 17.8 Å². The first-order chi connectivity index (χ1) is 10.7. The van der Waals surface area contributed by atoms with Gasteiger partial charge in [0.15, 0.2) is 0 Å². The first-order valence-corrected chi connectivity index (χ1v) is 7.62. The number of anilines is 1. The highest BCUT2D eigenvalue weighted by atomic mass is 35.5. The molecule has 0 atom stereocenters. The molecule has 1 saturated heterocycles. The molecule has 0 bridgehead atoms. The summed E-state index contributed by atoms with van der Waals surface area (Å²) >= 11 is 6.07. The van der Waals surface area contributed by atoms with Crippen LogP contribution in [-0.4, -0.2) is 54.5 Å². The smallest absolute Gasteiger partial charge is 0.226 e. The molecule has 1 aliphatic rings. The summed E-state index contributed by atoms with van der Waals surface area (Å²) in [6.07, 6.45) is 0.675. The quantitative estimate of drug-likeness (QED) is 0.860. The molecular formula is C15H18ClN5O. The predicted molar refractivity (Wildman–Crippen MR) is 87.2 cm³/mol. The molecule has 116 valence electrons. The van der Waals surface area contributed by atoms with Gasteiger partial charge in [-0.3, -0.25) is 4.79 Å². The number of carbonyl (C=O) groups excluding carboxylic acids is 1. The number of halogens is 1. The van der Waals surface area contributed by atoms with E-state index in [1.165, 1.54) is 0 Å². The van der Waals surface area contributed by atoms with Gasteiger partial charge in [0.1, 0.15) is 0 Å². The Morgan fingerprint density at radius 1 is 1.27 bits per heavy atom. The molecule has 3 rings (SSSR count). The number of nitrogens with one attached hydrogen (secondary N) is 1. The molecule has 6 nitrogen and oxygen atoms in total. The Kier molecular flexibility index (Phi) is 4.40. The molecule has 0 aliphatic carbocycles. The van der Waals surface area contributed by atoms with Gasteiger partial charge in [-0.25, -0.2) is 9.97 Å². The van der Waals surface area contributed by atoms with E-state index in [-0.39, 0.29) is 0 Å². The van der Waals surface area contributed by atoms with Crippen molar-refractivity contribution in [2.24, 2.45) is 0 Å². The van der Waals surface area contributed by atoms with Crippen molar-refractivity contribution in [3.05, 3.63) is 28.9 Å². The second-order valence-electron chi connectivity index (χ2n) is 5.42. The van der Waals surface area contributed by atoms with E-state index in [9.17, 15) is 4.79 Å². The van der Waals surface area contributed by atoms with Gasteiger partial charge in [-0.2, -0.15) is 0 Å². The summed E-state index contributed by atoms with van der Waals surface area (Å²) in [5.74, 6) is 0.714. The van der Waals surface area contributed by atoms with E-state index in [4.69, 9.17) is 11.6 Å². The van der Waals surface area contributed by atoms with Gasteiger partial charge >= 0.3 is 0 Å². The number of likely N-dealkylation sites (N-methyl/N-ethyl adjacent to an activating group) is 1. The largest absolute Gasteiger partial charge is 0.353 e. The number of amides is 1. The maximum absolute atomic E-state index is 10.6. The lowest BCUT2D eigenvalue weighted by Crippen LogP contribution is -2.45. The van der Waals surface area contributed by atoms with E-state index in [0.29, 0.717) is 23.9 Å². The van der Waals surface area contributed by atoms with E-state index in [2.05, 4.69) is 32.1 Å². The Labute approximate surface area is 134 Å². The van der Waals surface area contributed by atoms with Crippen LogP contribution in [0.3, 0.4) is 0 Å². The van der Waals surface area contributed by atoms with Crippen LogP contribution >= 0.6 is 11.6 Å². The van der Waals surface area contributed by atoms with Crippen LogP contribution in [0.25, 0.3) is 10.9 Å². The average Bonchev–Trinajstić information content (AvgIpc) is 2.53. The van der Waals surface area contributed by atoms with Gasteiger partial charge in [-0.05, 0) is 25.2 Å². The first kappa shape index (κ1) is 15.0. The maximum atomic E-state index is 10.6. The standard InChI is InChI=1S/C15H18ClN5O/c1-20-4-6-21(7-5-20)15-18-13-3-2-11(16)8-12(13)14(19-15)9-17-10-22/h2-3,8,10H,4-7,9H2,1H3,(H,17,22). The van der Waals surface area contributed by atoms with Crippen LogP contribution in [-0.2, 0) is 11.3 Å². The van der Waals surface area contributed by atoms with Crippen LogP contribution < -0.4 is 10.2 Å². The van der Waals surface area contributed by atoms with Crippen LogP contribution in [0.4, 0.5) is 5.95 Å². The molecule has 0 radical (unpaired) electrons. The monoisotopic (exact) mass is 319 g/mol. The fourth-order valence-electron chi connectivity index (χ4n) is 2.57. The number of hydrogen-bond acceptors (Lipinski definition) is 5. The summed E-state index contributed by atoms with van der Waals surface area (Å²) in [6, 6.07) is 5.55. The van der Waals surface area contributed by atoms with E-state index >= 15 is 0 Å². The Morgan fingerprint density at radius 3 is 2.77 bits per heavy atom. The summed E-state index contributed by atoms with van der Waals surface area (Å²) in [5, 5.41) is 4.18. The third-order valence-corrected chi connectivity index (χ3v) is 4.10. The highest BCUT2D eigenvalue weighted by molar-refractivity contribution is 6.31. The van der Waals surface area contributed by atoms with Crippen LogP contribution in [0.2, 0.25) is 5.02 Å². The normalized spacial score (nSPS) is 16.0. The summed E-state index contributed by atoms with van der Waals surface area (Å²) < 4.78 is 0. The lowest BCUT2D eigenvalue weighted by molar-refractivity contribution is -0.109. The zero-order valence-electron chi connectivity index (χ0n) is 12.4. The molecule has 1 aromatic carbocycles. The molecular weight excluding hydrogens is 302 g/mol. The van der Waals surface area contributed by atoms with Crippen molar-refractivity contribution in [1.29, 1.82) is 0 Å². The van der Waals surface area contributed by atoms with Crippen molar-refractivity contribution >= 4 is 34.9 Å². The molecule has 1 amide bonds. The molecule has 1 N–H and O–H groups in total. The number of fused-ring (bicyclic) bond motifs is 1. The minimum Gasteiger partial charge on any atom is -0.353 e. The number of nitrogens with zero attached hydrogens (tertiary/aromatic N) is 4. The Balaban J connectivity index is 2.00. The topological polar surface area (TPSA) is 61.4 Å². The maximum Gasteiger partial charge on any atom is 0.226 e. The Morgan fingerprint density at radius 2 is 2.05 bits per heavy atom. The molecule has 1 fully saturated rings. The average molecular weight is 320 g/mol. The molecule has 2 aromatic rings. The molecule has 0 saturated carbocycles. The van der Waals surface area contributed by atoms with Crippen LogP contribution in [0.15, 0.2) is 18.2 Å². The Bertz CT molecular complexity index is 685. The zero-order valence-corrected chi connectivity index (χ0v) is 13.2. The van der Waals surface area contributed by atoms with E-state index in [0.717, 1.165) is 42.8 Å². The number of benzene rings is 1. The van der Waals surface area contributed by atoms with Crippen molar-refractivity contribution < 1.29 is 4.79 Å². The van der Waals surface area contributed by atoms with E-state index in [1.54, 1.807) is 0 Å². The van der Waals surface area contributed by atoms with Crippen molar-refractivity contribution in [3.8, 4) is 0 Å². The van der Waals surface area contributed by atoms with E-state index < -0.39 is 0 Å². The Hall–Kier alpha value is -1.92. The van der Waals surface area contributed by atoms with Gasteiger partial charge < -0.3 is 15.1 Å². The van der Waals surface area contributed by atoms with Gasteiger partial charge in [-0.15, -0.1) is 0 Å². The van der Waals surface area contributed by atoms with Crippen molar-refractivity contribution in [1.82, 2.24) is 20.2 Å². The molecule has 0 spiro atoms. The molecule has 0 unspecified atom stereocenters. The summed E-state index contributed by atoms with van der Waals surface area (Å²) in [5.41, 5.74) is 1.63. The highest BCUT2D eigenvalue weighted by Crippen LogP contribution is 2.23. The van der Waals surface area contributed by atoms with Gasteiger partial charge in [0, 0.05) is 36.6 Å². The summed E-state index contributed by atoms with van der Waals surface area (Å²) in [6.45, 7) is 4.14. The fraction of sp³-hybridized carbons (Fsp3) is 0.400. The third-order valence-electron chi connectivity index (χ3n) is 3.86. The summed E-state index contributed by atoms with van der Waals surface area (Å²) in [4.78, 5) is 24.4. The number of piperazine rings is 1. The fourth-order valence-corrected chi connectivity index (χ4v) is 2.74. The van der Waals surface area contributed by atoms with Crippen LogP contribution in [0.1, 0.15) is 5.69 Å². The second-order valence-corrected chi connectivity index (χ2v) is 5.86. The van der Waals surface area contributed by atoms with E-state index in [1.807, 2.05) is 18.2 Å². The molecule has 22 heavy (non-hydrogen) atoms. The molecule has 1 aliphatic heterocycles. The van der Waals surface area contributed by atoms with Gasteiger partial charge in [0.2, 0.25) is 12.4 Å². The van der Waals surface area contributed by atoms with Crippen molar-refractivity contribution in [3.63, 3.8) is 0 Å². The zero-order chi connectivity index (χ0) is 15.5. The number of aromatic nitrogens is 2. The predicted octanol–water partition coefficient (Wildman–Crippen LogP) is 1.28. The lowest BCUT2D eigenvalue weighted by atomic mass is 10.2. The van der Waals surface area contributed by atoms with Crippen molar-refractivity contribution in [2.45, 2.75) is 6.54 Å². The van der Waals surface area contributed by atoms with Gasteiger partial charge in [0.25, 0.3) is 0 Å². The van der Waals surface area contributed by atoms with Crippen molar-refractivity contribution in [2.75, 3.05) is 38.1 Å². The van der Waals surface area contributed by atoms with Crippen LogP contribution in [0, 0.1) is 0 Å².